The number of thiophene rings is 1. The minimum Gasteiger partial charge on any atom is -0.444 e. The van der Waals surface area contributed by atoms with Crippen molar-refractivity contribution in [2.45, 2.75) is 44.8 Å². The number of carbonyl (C=O) groups excluding carboxylic acids is 2. The molecule has 1 aromatic heterocycles. The molecule has 0 saturated carbocycles. The third kappa shape index (κ3) is 6.27. The molecule has 1 fully saturated rings. The molecule has 9 heteroatoms. The molecule has 2 unspecified atom stereocenters. The third-order valence-corrected chi connectivity index (χ3v) is 6.26. The average molecular weight is 470 g/mol. The van der Waals surface area contributed by atoms with E-state index in [0.29, 0.717) is 34.6 Å². The highest BCUT2D eigenvalue weighted by Crippen LogP contribution is 2.34. The number of halogens is 2. The van der Waals surface area contributed by atoms with Crippen LogP contribution in [0.5, 0.6) is 0 Å². The van der Waals surface area contributed by atoms with Crippen LogP contribution in [0.3, 0.4) is 0 Å². The van der Waals surface area contributed by atoms with Gasteiger partial charge in [0, 0.05) is 40.6 Å². The Labute approximate surface area is 190 Å². The van der Waals surface area contributed by atoms with Gasteiger partial charge in [-0.25, -0.2) is 9.59 Å². The zero-order valence-corrected chi connectivity index (χ0v) is 19.4. The Kier molecular flexibility index (Phi) is 7.16. The fourth-order valence-corrected chi connectivity index (χ4v) is 4.65. The Morgan fingerprint density at radius 2 is 1.83 bits per heavy atom. The van der Waals surface area contributed by atoms with E-state index in [1.54, 1.807) is 29.2 Å². The number of benzene rings is 1. The predicted octanol–water partition coefficient (Wildman–Crippen LogP) is 5.97. The number of ether oxygens (including phenoxy) is 1. The zero-order chi connectivity index (χ0) is 21.9. The van der Waals surface area contributed by atoms with Crippen molar-refractivity contribution in [3.8, 4) is 0 Å². The van der Waals surface area contributed by atoms with E-state index in [4.69, 9.17) is 27.9 Å². The Balaban J connectivity index is 1.70. The second-order valence-corrected chi connectivity index (χ2v) is 10.4. The minimum atomic E-state index is -0.563. The molecule has 1 aliphatic heterocycles. The van der Waals surface area contributed by atoms with Crippen molar-refractivity contribution in [3.05, 3.63) is 50.6 Å². The first kappa shape index (κ1) is 22.7. The van der Waals surface area contributed by atoms with Crippen molar-refractivity contribution in [2.75, 3.05) is 18.4 Å². The van der Waals surface area contributed by atoms with Gasteiger partial charge in [-0.3, -0.25) is 0 Å². The Bertz CT molecular complexity index is 896. The molecule has 30 heavy (non-hydrogen) atoms. The molecule has 2 heterocycles. The molecule has 0 spiro atoms. The molecule has 2 aromatic rings. The summed E-state index contributed by atoms with van der Waals surface area (Å²) in [6.07, 6.45) is 0.257. The van der Waals surface area contributed by atoms with E-state index in [-0.39, 0.29) is 24.1 Å². The van der Waals surface area contributed by atoms with Crippen LogP contribution < -0.4 is 10.6 Å². The van der Waals surface area contributed by atoms with Crippen LogP contribution >= 0.6 is 34.5 Å². The summed E-state index contributed by atoms with van der Waals surface area (Å²) in [5.41, 5.74) is 0.0886. The molecule has 0 aliphatic carbocycles. The number of likely N-dealkylation sites (tertiary alicyclic amines) is 1. The van der Waals surface area contributed by atoms with E-state index in [2.05, 4.69) is 10.6 Å². The fourth-order valence-electron chi connectivity index (χ4n) is 3.30. The molecule has 162 valence electrons. The van der Waals surface area contributed by atoms with Crippen LogP contribution in [0.2, 0.25) is 9.36 Å². The van der Waals surface area contributed by atoms with Gasteiger partial charge < -0.3 is 20.3 Å². The number of rotatable bonds is 3. The van der Waals surface area contributed by atoms with E-state index < -0.39 is 5.60 Å². The summed E-state index contributed by atoms with van der Waals surface area (Å²) in [6, 6.07) is 10.2. The summed E-state index contributed by atoms with van der Waals surface area (Å²) in [6.45, 7) is 6.47. The van der Waals surface area contributed by atoms with Crippen LogP contribution in [0.25, 0.3) is 0 Å². The number of piperidine rings is 1. The lowest BCUT2D eigenvalue weighted by Crippen LogP contribution is -2.52. The molecule has 3 amide bonds. The lowest BCUT2D eigenvalue weighted by molar-refractivity contribution is 0.0181. The van der Waals surface area contributed by atoms with Crippen LogP contribution in [-0.4, -0.2) is 41.8 Å². The number of nitrogens with zero attached hydrogens (tertiary/aromatic N) is 1. The smallest absolute Gasteiger partial charge is 0.410 e. The predicted molar refractivity (Wildman–Crippen MR) is 122 cm³/mol. The van der Waals surface area contributed by atoms with E-state index >= 15 is 0 Å². The van der Waals surface area contributed by atoms with Crippen molar-refractivity contribution in [2.24, 2.45) is 0 Å². The number of nitrogens with one attached hydrogen (secondary N) is 2. The normalized spacial score (nSPS) is 19.3. The third-order valence-electron chi connectivity index (χ3n) is 4.64. The first-order valence-electron chi connectivity index (χ1n) is 9.67. The number of anilines is 1. The van der Waals surface area contributed by atoms with Gasteiger partial charge in [0.15, 0.2) is 0 Å². The maximum atomic E-state index is 12.6. The van der Waals surface area contributed by atoms with Gasteiger partial charge in [0.05, 0.1) is 4.34 Å². The summed E-state index contributed by atoms with van der Waals surface area (Å²) in [5.74, 6) is -0.0836. The molecule has 6 nitrogen and oxygen atoms in total. The SMILES string of the molecule is CC(C)(C)OC(=O)N1CCC(NC(=O)Nc2ccc(Cl)cc2)C(c2ccc(Cl)s2)C1. The number of hydrogen-bond acceptors (Lipinski definition) is 4. The molecule has 2 atom stereocenters. The summed E-state index contributed by atoms with van der Waals surface area (Å²) in [5, 5.41) is 6.47. The van der Waals surface area contributed by atoms with E-state index in [1.165, 1.54) is 11.3 Å². The number of urea groups is 1. The van der Waals surface area contributed by atoms with Gasteiger partial charge >= 0.3 is 12.1 Å². The van der Waals surface area contributed by atoms with Gasteiger partial charge in [-0.1, -0.05) is 23.2 Å². The Morgan fingerprint density at radius 1 is 1.13 bits per heavy atom. The van der Waals surface area contributed by atoms with E-state index in [1.807, 2.05) is 32.9 Å². The zero-order valence-electron chi connectivity index (χ0n) is 17.1. The van der Waals surface area contributed by atoms with Gasteiger partial charge in [0.2, 0.25) is 0 Å². The molecular weight excluding hydrogens is 445 g/mol. The molecule has 1 saturated heterocycles. The maximum Gasteiger partial charge on any atom is 0.410 e. The van der Waals surface area contributed by atoms with Crippen molar-refractivity contribution >= 4 is 52.4 Å². The van der Waals surface area contributed by atoms with Crippen LogP contribution in [0, 0.1) is 0 Å². The van der Waals surface area contributed by atoms with Gasteiger partial charge in [0.1, 0.15) is 5.60 Å². The van der Waals surface area contributed by atoms with Crippen molar-refractivity contribution in [3.63, 3.8) is 0 Å². The topological polar surface area (TPSA) is 70.7 Å². The summed E-state index contributed by atoms with van der Waals surface area (Å²) >= 11 is 13.5. The second-order valence-electron chi connectivity index (χ2n) is 8.18. The van der Waals surface area contributed by atoms with Crippen molar-refractivity contribution in [1.29, 1.82) is 0 Å². The number of carbonyl (C=O) groups is 2. The highest BCUT2D eigenvalue weighted by molar-refractivity contribution is 7.16. The van der Waals surface area contributed by atoms with Crippen LogP contribution in [-0.2, 0) is 4.74 Å². The monoisotopic (exact) mass is 469 g/mol. The van der Waals surface area contributed by atoms with E-state index in [0.717, 1.165) is 4.88 Å². The van der Waals surface area contributed by atoms with Gasteiger partial charge in [0.25, 0.3) is 0 Å². The Morgan fingerprint density at radius 3 is 2.43 bits per heavy atom. The molecular formula is C21H25Cl2N3O3S. The first-order chi connectivity index (χ1) is 14.1. The van der Waals surface area contributed by atoms with Crippen LogP contribution in [0.4, 0.5) is 15.3 Å². The highest BCUT2D eigenvalue weighted by Gasteiger charge is 2.36. The summed E-state index contributed by atoms with van der Waals surface area (Å²) < 4.78 is 6.20. The maximum absolute atomic E-state index is 12.6. The second kappa shape index (κ2) is 9.45. The molecule has 2 N–H and O–H groups in total. The standard InChI is InChI=1S/C21H25Cl2N3O3S/c1-21(2,3)29-20(28)26-11-10-16(15(12-26)17-8-9-18(23)30-17)25-19(27)24-14-6-4-13(22)5-7-14/h4-9,15-16H,10-12H2,1-3H3,(H2,24,25,27). The summed E-state index contributed by atoms with van der Waals surface area (Å²) in [4.78, 5) is 27.8. The minimum absolute atomic E-state index is 0.0836. The molecule has 0 bridgehead atoms. The van der Waals surface area contributed by atoms with Gasteiger partial charge in [-0.05, 0) is 63.6 Å². The molecule has 0 radical (unpaired) electrons. The van der Waals surface area contributed by atoms with Crippen LogP contribution in [0.15, 0.2) is 36.4 Å². The largest absolute Gasteiger partial charge is 0.444 e. The highest BCUT2D eigenvalue weighted by atomic mass is 35.5. The summed E-state index contributed by atoms with van der Waals surface area (Å²) in [7, 11) is 0. The molecule has 1 aliphatic rings. The Hall–Kier alpha value is -1.96. The number of hydrogen-bond donors (Lipinski definition) is 2. The van der Waals surface area contributed by atoms with Gasteiger partial charge in [-0.2, -0.15) is 0 Å². The average Bonchev–Trinajstić information content (AvgIpc) is 3.08. The first-order valence-corrected chi connectivity index (χ1v) is 11.2. The lowest BCUT2D eigenvalue weighted by atomic mass is 9.91. The lowest BCUT2D eigenvalue weighted by Gasteiger charge is -2.39. The van der Waals surface area contributed by atoms with Crippen LogP contribution in [0.1, 0.15) is 38.0 Å². The molecule has 3 rings (SSSR count). The number of amides is 3. The van der Waals surface area contributed by atoms with Crippen molar-refractivity contribution < 1.29 is 14.3 Å². The quantitative estimate of drug-likeness (QED) is 0.581. The van der Waals surface area contributed by atoms with E-state index in [9.17, 15) is 9.59 Å². The van der Waals surface area contributed by atoms with Gasteiger partial charge in [-0.15, -0.1) is 11.3 Å². The molecule has 1 aromatic carbocycles. The fraction of sp³-hybridized carbons (Fsp3) is 0.429. The van der Waals surface area contributed by atoms with Crippen molar-refractivity contribution in [1.82, 2.24) is 10.2 Å².